The maximum absolute atomic E-state index is 14.3. The summed E-state index contributed by atoms with van der Waals surface area (Å²) in [6.07, 6.45) is -3.03. The molecule has 0 aliphatic carbocycles. The van der Waals surface area contributed by atoms with Gasteiger partial charge in [-0.2, -0.15) is 13.2 Å². The third kappa shape index (κ3) is 8.23. The smallest absolute Gasteiger partial charge is 0.408 e. The molecule has 2 heterocycles. The molecule has 0 aliphatic heterocycles. The zero-order valence-corrected chi connectivity index (χ0v) is 23.9. The van der Waals surface area contributed by atoms with Crippen LogP contribution in [0, 0.1) is 6.57 Å². The molecule has 0 saturated heterocycles. The van der Waals surface area contributed by atoms with Gasteiger partial charge in [0.15, 0.2) is 17.2 Å². The molecule has 0 saturated carbocycles. The number of aromatic nitrogens is 4. The Bertz CT molecular complexity index is 1440. The van der Waals surface area contributed by atoms with Crippen molar-refractivity contribution in [1.29, 1.82) is 0 Å². The van der Waals surface area contributed by atoms with Gasteiger partial charge < -0.3 is 19.8 Å². The van der Waals surface area contributed by atoms with Gasteiger partial charge in [0.2, 0.25) is 7.44 Å². The number of nitrogens with zero attached hydrogens (tertiary/aromatic N) is 5. The molecule has 0 fully saturated rings. The first-order valence-electron chi connectivity index (χ1n) is 12.6. The van der Waals surface area contributed by atoms with Gasteiger partial charge in [-0.15, -0.1) is 0 Å². The lowest BCUT2D eigenvalue weighted by Gasteiger charge is -2.34. The standard InChI is InChI=1S/C25H32F3N8O4P/c1-6-11-39-23(37)24(3,4)35-41(38,34-20(25(26,27)28)17-7-9-18(30-5)10-8-17)15-40-16(2)12-36-14-33-19-21(29)31-13-32-22(19)36/h7-10,13-14,16,20H,6,11-12,15H2,1-4H3,(H2,29,31,32)(H2,34,35,38)/t16-,20-,41-/m1/s1. The summed E-state index contributed by atoms with van der Waals surface area (Å²) in [7, 11) is -4.34. The number of halogens is 3. The lowest BCUT2D eigenvalue weighted by Crippen LogP contribution is -2.50. The van der Waals surface area contributed by atoms with E-state index in [1.807, 2.05) is 0 Å². The van der Waals surface area contributed by atoms with Crippen LogP contribution in [0.2, 0.25) is 0 Å². The summed E-state index contributed by atoms with van der Waals surface area (Å²) in [5.74, 6) is -0.610. The second-order valence-corrected chi connectivity index (χ2v) is 12.1. The SMILES string of the molecule is [C-]#[N+]c1ccc([C@@H](N[P@](=O)(CO[C@H](C)Cn2cnc3c(N)ncnc32)NC(C)(C)C(=O)OCCC)C(F)(F)F)cc1. The third-order valence-electron chi connectivity index (χ3n) is 5.85. The number of nitrogens with two attached hydrogens (primary N) is 1. The van der Waals surface area contributed by atoms with E-state index in [2.05, 4.69) is 30.0 Å². The van der Waals surface area contributed by atoms with Crippen LogP contribution in [0.5, 0.6) is 0 Å². The molecule has 3 rings (SSSR count). The third-order valence-corrected chi connectivity index (χ3v) is 7.96. The maximum atomic E-state index is 14.3. The number of nitrogen functional groups attached to an aromatic ring is 1. The lowest BCUT2D eigenvalue weighted by molar-refractivity contribution is -0.153. The Labute approximate surface area is 235 Å². The minimum atomic E-state index is -4.88. The fourth-order valence-electron chi connectivity index (χ4n) is 3.85. The van der Waals surface area contributed by atoms with E-state index in [0.717, 1.165) is 12.1 Å². The number of esters is 1. The number of carbonyl (C=O) groups excluding carboxylic acids is 1. The van der Waals surface area contributed by atoms with Gasteiger partial charge in [0, 0.05) is 0 Å². The molecule has 41 heavy (non-hydrogen) atoms. The molecule has 0 unspecified atom stereocenters. The fourth-order valence-corrected chi connectivity index (χ4v) is 6.23. The van der Waals surface area contributed by atoms with Crippen LogP contribution in [0.3, 0.4) is 0 Å². The van der Waals surface area contributed by atoms with Crippen LogP contribution in [0.25, 0.3) is 16.0 Å². The van der Waals surface area contributed by atoms with E-state index in [9.17, 15) is 22.5 Å². The van der Waals surface area contributed by atoms with Crippen molar-refractivity contribution >= 4 is 36.1 Å². The van der Waals surface area contributed by atoms with Crippen LogP contribution in [0.15, 0.2) is 36.9 Å². The first-order chi connectivity index (χ1) is 19.2. The monoisotopic (exact) mass is 596 g/mol. The number of alkyl halides is 3. The number of anilines is 1. The van der Waals surface area contributed by atoms with Crippen molar-refractivity contribution in [3.8, 4) is 0 Å². The Hall–Kier alpha value is -3.57. The van der Waals surface area contributed by atoms with Crippen molar-refractivity contribution < 1.29 is 32.0 Å². The van der Waals surface area contributed by atoms with E-state index in [-0.39, 0.29) is 30.2 Å². The number of fused-ring (bicyclic) bond motifs is 1. The molecule has 4 N–H and O–H groups in total. The van der Waals surface area contributed by atoms with E-state index in [4.69, 9.17) is 21.8 Å². The summed E-state index contributed by atoms with van der Waals surface area (Å²) in [5, 5.41) is 4.76. The van der Waals surface area contributed by atoms with Crippen LogP contribution >= 0.6 is 7.44 Å². The van der Waals surface area contributed by atoms with E-state index in [1.165, 1.54) is 38.6 Å². The van der Waals surface area contributed by atoms with Gasteiger partial charge in [-0.1, -0.05) is 31.2 Å². The largest absolute Gasteiger partial charge is 0.464 e. The molecular formula is C25H32F3N8O4P. The van der Waals surface area contributed by atoms with Crippen molar-refractivity contribution in [2.45, 2.75) is 64.5 Å². The van der Waals surface area contributed by atoms with Gasteiger partial charge in [0.1, 0.15) is 29.8 Å². The average molecular weight is 597 g/mol. The predicted molar refractivity (Wildman–Crippen MR) is 146 cm³/mol. The van der Waals surface area contributed by atoms with Crippen molar-refractivity contribution in [2.24, 2.45) is 0 Å². The predicted octanol–water partition coefficient (Wildman–Crippen LogP) is 4.73. The fraction of sp³-hybridized carbons (Fsp3) is 0.480. The van der Waals surface area contributed by atoms with Crippen LogP contribution in [0.1, 0.15) is 45.7 Å². The zero-order chi connectivity index (χ0) is 30.4. The van der Waals surface area contributed by atoms with Gasteiger partial charge in [-0.05, 0) is 32.8 Å². The molecule has 16 heteroatoms. The number of rotatable bonds is 13. The minimum Gasteiger partial charge on any atom is -0.464 e. The molecule has 0 amide bonds. The summed E-state index contributed by atoms with van der Waals surface area (Å²) in [5.41, 5.74) is 4.86. The zero-order valence-electron chi connectivity index (χ0n) is 23.0. The molecule has 1 aromatic carbocycles. The van der Waals surface area contributed by atoms with Gasteiger partial charge in [0.25, 0.3) is 0 Å². The minimum absolute atomic E-state index is 0.0840. The summed E-state index contributed by atoms with van der Waals surface area (Å²) in [6.45, 7) is 13.4. The highest BCUT2D eigenvalue weighted by Gasteiger charge is 2.47. The van der Waals surface area contributed by atoms with Crippen molar-refractivity contribution in [3.05, 3.63) is 53.9 Å². The topological polar surface area (TPSA) is 151 Å². The maximum Gasteiger partial charge on any atom is 0.408 e. The Kier molecular flexibility index (Phi) is 10.1. The molecule has 3 atom stereocenters. The second kappa shape index (κ2) is 12.9. The van der Waals surface area contributed by atoms with Gasteiger partial charge in [0.05, 0.1) is 32.2 Å². The Morgan fingerprint density at radius 1 is 1.22 bits per heavy atom. The molecule has 0 radical (unpaired) electrons. The molecule has 222 valence electrons. The average Bonchev–Trinajstić information content (AvgIpc) is 3.32. The molecular weight excluding hydrogens is 564 g/mol. The van der Waals surface area contributed by atoms with E-state index < -0.39 is 43.6 Å². The summed E-state index contributed by atoms with van der Waals surface area (Å²) >= 11 is 0. The second-order valence-electron chi connectivity index (χ2n) is 9.85. The van der Waals surface area contributed by atoms with Crippen LogP contribution in [-0.4, -0.2) is 56.3 Å². The number of carbonyl (C=O) groups is 1. The summed E-state index contributed by atoms with van der Waals surface area (Å²) in [6, 6.07) is 2.32. The first kappa shape index (κ1) is 32.0. The van der Waals surface area contributed by atoms with Crippen molar-refractivity contribution in [1.82, 2.24) is 29.7 Å². The summed E-state index contributed by atoms with van der Waals surface area (Å²) < 4.78 is 69.5. The molecule has 0 aliphatic rings. The number of nitrogens with one attached hydrogen (secondary N) is 2. The van der Waals surface area contributed by atoms with Crippen LogP contribution in [0.4, 0.5) is 24.7 Å². The first-order valence-corrected chi connectivity index (χ1v) is 14.5. The van der Waals surface area contributed by atoms with Crippen LogP contribution in [-0.2, 0) is 25.4 Å². The molecule has 3 aromatic rings. The van der Waals surface area contributed by atoms with E-state index >= 15 is 0 Å². The van der Waals surface area contributed by atoms with Gasteiger partial charge in [-0.25, -0.2) is 30.0 Å². The number of hydrogen-bond acceptors (Lipinski definition) is 8. The molecule has 0 bridgehead atoms. The number of imidazole rings is 1. The number of benzene rings is 1. The lowest BCUT2D eigenvalue weighted by atomic mass is 10.1. The highest BCUT2D eigenvalue weighted by molar-refractivity contribution is 7.59. The van der Waals surface area contributed by atoms with Crippen LogP contribution < -0.4 is 15.9 Å². The van der Waals surface area contributed by atoms with E-state index in [1.54, 1.807) is 18.4 Å². The Morgan fingerprint density at radius 2 is 1.90 bits per heavy atom. The number of hydrogen-bond donors (Lipinski definition) is 3. The Balaban J connectivity index is 1.88. The molecule has 2 aromatic heterocycles. The van der Waals surface area contributed by atoms with Gasteiger partial charge >= 0.3 is 12.1 Å². The Morgan fingerprint density at radius 3 is 2.51 bits per heavy atom. The number of ether oxygens (including phenoxy) is 2. The quantitative estimate of drug-likeness (QED) is 0.144. The highest BCUT2D eigenvalue weighted by Crippen LogP contribution is 2.46. The van der Waals surface area contributed by atoms with Gasteiger partial charge in [-0.3, -0.25) is 9.36 Å². The van der Waals surface area contributed by atoms with E-state index in [0.29, 0.717) is 17.6 Å². The molecule has 12 nitrogen and oxygen atoms in total. The van der Waals surface area contributed by atoms with Crippen molar-refractivity contribution in [3.63, 3.8) is 0 Å². The highest BCUT2D eigenvalue weighted by atomic mass is 31.2. The molecule has 0 spiro atoms. The summed E-state index contributed by atoms with van der Waals surface area (Å²) in [4.78, 5) is 28.1. The van der Waals surface area contributed by atoms with Crippen molar-refractivity contribution in [2.75, 3.05) is 18.7 Å². The normalized spacial score (nSPS) is 15.2.